The number of ketones is 1. The largest absolute Gasteiger partial charge is 0.461 e. The summed E-state index contributed by atoms with van der Waals surface area (Å²) in [5, 5.41) is 11.2. The van der Waals surface area contributed by atoms with Crippen LogP contribution in [0.5, 0.6) is 0 Å². The summed E-state index contributed by atoms with van der Waals surface area (Å²) in [6, 6.07) is 27.2. The molecule has 0 heterocycles. The van der Waals surface area contributed by atoms with E-state index in [9.17, 15) is 19.5 Å². The molecule has 0 aromatic heterocycles. The maximum atomic E-state index is 13.4. The summed E-state index contributed by atoms with van der Waals surface area (Å²) in [4.78, 5) is 39.8. The summed E-state index contributed by atoms with van der Waals surface area (Å²) in [6.07, 6.45) is -0.355. The van der Waals surface area contributed by atoms with E-state index in [0.717, 1.165) is 11.1 Å². The molecule has 0 aliphatic heterocycles. The molecule has 35 heavy (non-hydrogen) atoms. The van der Waals surface area contributed by atoms with Crippen molar-refractivity contribution in [2.75, 3.05) is 0 Å². The van der Waals surface area contributed by atoms with Gasteiger partial charge in [0.15, 0.2) is 5.78 Å². The summed E-state index contributed by atoms with van der Waals surface area (Å²) >= 11 is 0. The van der Waals surface area contributed by atoms with Crippen molar-refractivity contribution in [2.45, 2.75) is 38.1 Å². The fourth-order valence-corrected chi connectivity index (χ4v) is 4.73. The molecular formula is C29H28O6. The van der Waals surface area contributed by atoms with Crippen LogP contribution < -0.4 is 0 Å². The molecule has 3 aromatic carbocycles. The molecule has 3 aromatic rings. The Morgan fingerprint density at radius 1 is 0.800 bits per heavy atom. The molecule has 0 spiro atoms. The lowest BCUT2D eigenvalue weighted by Gasteiger charge is -2.43. The highest BCUT2D eigenvalue weighted by atomic mass is 16.5. The highest BCUT2D eigenvalue weighted by Gasteiger charge is 2.57. The zero-order valence-corrected chi connectivity index (χ0v) is 19.5. The van der Waals surface area contributed by atoms with Crippen molar-refractivity contribution in [1.29, 1.82) is 0 Å². The number of carbonyl (C=O) groups is 3. The van der Waals surface area contributed by atoms with Gasteiger partial charge in [0.05, 0.1) is 11.5 Å². The number of benzene rings is 3. The highest BCUT2D eigenvalue weighted by molar-refractivity contribution is 6.02. The van der Waals surface area contributed by atoms with Gasteiger partial charge < -0.3 is 14.6 Å². The Kier molecular flexibility index (Phi) is 7.42. The van der Waals surface area contributed by atoms with Crippen LogP contribution in [-0.4, -0.2) is 28.4 Å². The number of rotatable bonds is 7. The maximum absolute atomic E-state index is 13.4. The van der Waals surface area contributed by atoms with E-state index in [1.165, 1.54) is 6.92 Å². The third kappa shape index (κ3) is 5.66. The summed E-state index contributed by atoms with van der Waals surface area (Å²) in [6.45, 7) is 1.47. The molecule has 1 aliphatic rings. The van der Waals surface area contributed by atoms with Gasteiger partial charge in [-0.25, -0.2) is 0 Å². The zero-order chi connectivity index (χ0) is 24.8. The predicted octanol–water partition coefficient (Wildman–Crippen LogP) is 4.21. The number of hydrogen-bond donors (Lipinski definition) is 1. The first kappa shape index (κ1) is 24.4. The minimum atomic E-state index is -1.69. The summed E-state index contributed by atoms with van der Waals surface area (Å²) in [7, 11) is 0. The number of Topliss-reactive ketones (excluding diaryl/α,β-unsaturated/α-hetero) is 1. The van der Waals surface area contributed by atoms with Crippen molar-refractivity contribution >= 4 is 17.7 Å². The number of ether oxygens (including phenoxy) is 2. The maximum Gasteiger partial charge on any atom is 0.317 e. The molecule has 1 N–H and O–H groups in total. The first-order valence-corrected chi connectivity index (χ1v) is 11.6. The second-order valence-electron chi connectivity index (χ2n) is 9.08. The van der Waals surface area contributed by atoms with E-state index >= 15 is 0 Å². The summed E-state index contributed by atoms with van der Waals surface area (Å²) < 4.78 is 11.1. The molecule has 4 rings (SSSR count). The Labute approximate surface area is 204 Å². The summed E-state index contributed by atoms with van der Waals surface area (Å²) in [5.74, 6) is -5.16. The van der Waals surface area contributed by atoms with Crippen LogP contribution >= 0.6 is 0 Å². The van der Waals surface area contributed by atoms with Crippen LogP contribution in [0, 0.1) is 11.8 Å². The quantitative estimate of drug-likeness (QED) is 0.409. The average Bonchev–Trinajstić information content (AvgIpc) is 2.86. The predicted molar refractivity (Wildman–Crippen MR) is 129 cm³/mol. The van der Waals surface area contributed by atoms with E-state index in [2.05, 4.69) is 0 Å². The van der Waals surface area contributed by atoms with E-state index in [4.69, 9.17) is 9.47 Å². The molecule has 1 aliphatic carbocycles. The zero-order valence-electron chi connectivity index (χ0n) is 19.5. The van der Waals surface area contributed by atoms with Crippen LogP contribution in [-0.2, 0) is 37.1 Å². The molecule has 1 saturated carbocycles. The molecule has 6 heteroatoms. The topological polar surface area (TPSA) is 89.9 Å². The molecule has 0 amide bonds. The minimum absolute atomic E-state index is 0.00444. The van der Waals surface area contributed by atoms with Crippen LogP contribution in [0.2, 0.25) is 0 Å². The molecule has 0 saturated heterocycles. The Hall–Kier alpha value is -3.77. The number of hydrogen-bond acceptors (Lipinski definition) is 6. The van der Waals surface area contributed by atoms with E-state index in [0.29, 0.717) is 5.56 Å². The number of aliphatic hydroxyl groups is 1. The van der Waals surface area contributed by atoms with Gasteiger partial charge in [-0.1, -0.05) is 91.0 Å². The van der Waals surface area contributed by atoms with Gasteiger partial charge in [0, 0.05) is 12.3 Å². The molecule has 0 radical (unpaired) electrons. The minimum Gasteiger partial charge on any atom is -0.461 e. The van der Waals surface area contributed by atoms with Crippen molar-refractivity contribution in [3.05, 3.63) is 108 Å². The van der Waals surface area contributed by atoms with Crippen molar-refractivity contribution in [3.63, 3.8) is 0 Å². The van der Waals surface area contributed by atoms with Crippen LogP contribution in [0.4, 0.5) is 0 Å². The third-order valence-corrected chi connectivity index (χ3v) is 6.41. The van der Waals surface area contributed by atoms with E-state index < -0.39 is 41.1 Å². The van der Waals surface area contributed by atoms with Gasteiger partial charge in [0.1, 0.15) is 19.1 Å². The van der Waals surface area contributed by atoms with E-state index in [-0.39, 0.29) is 19.6 Å². The fourth-order valence-electron chi connectivity index (χ4n) is 4.73. The number of carbonyl (C=O) groups excluding carboxylic acids is 3. The first-order chi connectivity index (χ1) is 16.9. The molecule has 0 bridgehead atoms. The van der Waals surface area contributed by atoms with Crippen LogP contribution in [0.15, 0.2) is 91.0 Å². The normalized spacial score (nSPS) is 23.9. The smallest absolute Gasteiger partial charge is 0.317 e. The van der Waals surface area contributed by atoms with Gasteiger partial charge in [-0.15, -0.1) is 0 Å². The molecular weight excluding hydrogens is 444 g/mol. The van der Waals surface area contributed by atoms with Gasteiger partial charge in [-0.05, 0) is 23.6 Å². The SMILES string of the molecule is C[C@@]1(O)CC(=O)[C@H](C(=O)OCc2ccccc2)[C@H](c2ccccc2)[C@@H]1C(=O)OCc1ccccc1. The van der Waals surface area contributed by atoms with Gasteiger partial charge in [-0.2, -0.15) is 0 Å². The average molecular weight is 473 g/mol. The lowest BCUT2D eigenvalue weighted by atomic mass is 9.62. The van der Waals surface area contributed by atoms with Crippen molar-refractivity contribution < 1.29 is 29.0 Å². The number of esters is 2. The van der Waals surface area contributed by atoms with Crippen LogP contribution in [0.3, 0.4) is 0 Å². The Bertz CT molecular complexity index is 1160. The van der Waals surface area contributed by atoms with E-state index in [1.54, 1.807) is 30.3 Å². The lowest BCUT2D eigenvalue weighted by molar-refractivity contribution is -0.174. The molecule has 0 unspecified atom stereocenters. The molecule has 180 valence electrons. The van der Waals surface area contributed by atoms with Gasteiger partial charge in [0.2, 0.25) is 0 Å². The van der Waals surface area contributed by atoms with Crippen molar-refractivity contribution in [2.24, 2.45) is 11.8 Å². The second kappa shape index (κ2) is 10.7. The Morgan fingerprint density at radius 2 is 1.26 bits per heavy atom. The van der Waals surface area contributed by atoms with Gasteiger partial charge in [0.25, 0.3) is 0 Å². The van der Waals surface area contributed by atoms with Crippen molar-refractivity contribution in [3.8, 4) is 0 Å². The second-order valence-corrected chi connectivity index (χ2v) is 9.08. The van der Waals surface area contributed by atoms with Crippen LogP contribution in [0.25, 0.3) is 0 Å². The monoisotopic (exact) mass is 472 g/mol. The molecule has 1 fully saturated rings. The van der Waals surface area contributed by atoms with Crippen molar-refractivity contribution in [1.82, 2.24) is 0 Å². The first-order valence-electron chi connectivity index (χ1n) is 11.6. The summed E-state index contributed by atoms with van der Waals surface area (Å²) in [5.41, 5.74) is 0.472. The van der Waals surface area contributed by atoms with Gasteiger partial charge >= 0.3 is 11.9 Å². The molecule has 6 nitrogen and oxygen atoms in total. The Balaban J connectivity index is 1.64. The fraction of sp³-hybridized carbons (Fsp3) is 0.276. The molecule has 4 atom stereocenters. The highest BCUT2D eigenvalue weighted by Crippen LogP contribution is 2.46. The van der Waals surface area contributed by atoms with Gasteiger partial charge in [-0.3, -0.25) is 14.4 Å². The Morgan fingerprint density at radius 3 is 1.77 bits per heavy atom. The lowest BCUT2D eigenvalue weighted by Crippen LogP contribution is -2.55. The standard InChI is InChI=1S/C29H28O6/c1-29(33)17-23(30)25(27(31)34-18-20-11-5-2-6-12-20)24(22-15-9-4-10-16-22)26(29)28(32)35-19-21-13-7-3-8-14-21/h2-16,24-26,33H,17-19H2,1H3/t24-,25-,26+,29+/m0/s1. The van der Waals surface area contributed by atoms with E-state index in [1.807, 2.05) is 60.7 Å². The third-order valence-electron chi connectivity index (χ3n) is 6.41. The van der Waals surface area contributed by atoms with Crippen LogP contribution in [0.1, 0.15) is 36.0 Å².